The second kappa shape index (κ2) is 6.52. The summed E-state index contributed by atoms with van der Waals surface area (Å²) >= 11 is 6.19. The monoisotopic (exact) mass is 277 g/mol. The molecule has 0 saturated heterocycles. The van der Waals surface area contributed by atoms with E-state index in [0.29, 0.717) is 13.1 Å². The summed E-state index contributed by atoms with van der Waals surface area (Å²) in [6, 6.07) is 0. The molecule has 0 fully saturated rings. The number of hydrogen-bond acceptors (Lipinski definition) is 3. The molecular formula is C11H20ClN3OS. The van der Waals surface area contributed by atoms with Gasteiger partial charge in [-0.25, -0.2) is 0 Å². The first kappa shape index (κ1) is 14.7. The summed E-state index contributed by atoms with van der Waals surface area (Å²) in [5.74, 6) is 0. The van der Waals surface area contributed by atoms with E-state index in [2.05, 4.69) is 10.4 Å². The van der Waals surface area contributed by atoms with Gasteiger partial charge >= 0.3 is 0 Å². The molecule has 1 rings (SSSR count). The lowest BCUT2D eigenvalue weighted by molar-refractivity contribution is 0.576. The van der Waals surface area contributed by atoms with Gasteiger partial charge in [0.05, 0.1) is 16.4 Å². The molecule has 1 N–H and O–H groups in total. The molecule has 0 saturated carbocycles. The fourth-order valence-corrected chi connectivity index (χ4v) is 2.10. The molecule has 0 spiro atoms. The zero-order valence-corrected chi connectivity index (χ0v) is 12.4. The molecule has 0 aliphatic rings. The van der Waals surface area contributed by atoms with Crippen LogP contribution < -0.4 is 5.32 Å². The van der Waals surface area contributed by atoms with Crippen LogP contribution in [0.15, 0.2) is 0 Å². The number of nitrogens with one attached hydrogen (secondary N) is 1. The van der Waals surface area contributed by atoms with Gasteiger partial charge in [-0.15, -0.1) is 0 Å². The Labute approximate surface area is 110 Å². The minimum absolute atomic E-state index is 0.146. The smallest absolute Gasteiger partial charge is 0.0860 e. The average molecular weight is 278 g/mol. The Hall–Kier alpha value is -0.390. The van der Waals surface area contributed by atoms with Crippen molar-refractivity contribution < 1.29 is 4.21 Å². The molecular weight excluding hydrogens is 258 g/mol. The van der Waals surface area contributed by atoms with Gasteiger partial charge in [-0.05, 0) is 20.8 Å². The summed E-state index contributed by atoms with van der Waals surface area (Å²) in [6.45, 7) is 8.09. The van der Waals surface area contributed by atoms with Crippen LogP contribution in [0, 0.1) is 6.92 Å². The van der Waals surface area contributed by atoms with E-state index in [1.807, 2.05) is 25.5 Å². The predicted molar refractivity (Wildman–Crippen MR) is 72.9 cm³/mol. The largest absolute Gasteiger partial charge is 0.310 e. The molecule has 1 aromatic heterocycles. The first-order valence-corrected chi connectivity index (χ1v) is 7.72. The minimum Gasteiger partial charge on any atom is -0.310 e. The fourth-order valence-electron chi connectivity index (χ4n) is 1.55. The molecule has 0 amide bonds. The Kier molecular flexibility index (Phi) is 5.62. The Morgan fingerprint density at radius 2 is 2.24 bits per heavy atom. The van der Waals surface area contributed by atoms with Crippen LogP contribution in [-0.4, -0.2) is 32.0 Å². The summed E-state index contributed by atoms with van der Waals surface area (Å²) in [7, 11) is -0.793. The fraction of sp³-hybridized carbons (Fsp3) is 0.727. The zero-order chi connectivity index (χ0) is 13.0. The molecule has 17 heavy (non-hydrogen) atoms. The van der Waals surface area contributed by atoms with Crippen LogP contribution >= 0.6 is 11.6 Å². The second-order valence-corrected chi connectivity index (χ2v) is 6.28. The number of halogens is 1. The van der Waals surface area contributed by atoms with Crippen LogP contribution in [0.5, 0.6) is 0 Å². The molecule has 4 nitrogen and oxygen atoms in total. The summed E-state index contributed by atoms with van der Waals surface area (Å²) in [6.07, 6.45) is 1.72. The van der Waals surface area contributed by atoms with Gasteiger partial charge in [0.25, 0.3) is 0 Å². The summed E-state index contributed by atoms with van der Waals surface area (Å²) in [5, 5.41) is 8.49. The van der Waals surface area contributed by atoms with Gasteiger partial charge in [-0.1, -0.05) is 11.6 Å². The molecule has 0 aliphatic carbocycles. The molecule has 0 aliphatic heterocycles. The lowest BCUT2D eigenvalue weighted by Crippen LogP contribution is -2.28. The first-order chi connectivity index (χ1) is 7.97. The highest BCUT2D eigenvalue weighted by Gasteiger charge is 2.12. The predicted octanol–water partition coefficient (Wildman–Crippen LogP) is 1.72. The normalized spacial score (nSPS) is 14.9. The van der Waals surface area contributed by atoms with Crippen molar-refractivity contribution in [1.29, 1.82) is 0 Å². The zero-order valence-electron chi connectivity index (χ0n) is 10.8. The van der Waals surface area contributed by atoms with Crippen molar-refractivity contribution in [2.24, 2.45) is 0 Å². The van der Waals surface area contributed by atoms with Crippen LogP contribution in [0.1, 0.15) is 25.2 Å². The first-order valence-electron chi connectivity index (χ1n) is 5.72. The van der Waals surface area contributed by atoms with Crippen molar-refractivity contribution in [3.8, 4) is 0 Å². The molecule has 2 atom stereocenters. The topological polar surface area (TPSA) is 46.9 Å². The number of aromatic nitrogens is 2. The van der Waals surface area contributed by atoms with Crippen molar-refractivity contribution >= 4 is 22.4 Å². The van der Waals surface area contributed by atoms with E-state index in [9.17, 15) is 4.21 Å². The summed E-state index contributed by atoms with van der Waals surface area (Å²) in [4.78, 5) is 0. The van der Waals surface area contributed by atoms with Crippen molar-refractivity contribution in [1.82, 2.24) is 15.1 Å². The third-order valence-corrected chi connectivity index (χ3v) is 4.54. The maximum Gasteiger partial charge on any atom is 0.0860 e. The molecule has 0 bridgehead atoms. The van der Waals surface area contributed by atoms with E-state index in [1.54, 1.807) is 6.26 Å². The van der Waals surface area contributed by atoms with E-state index in [0.717, 1.165) is 23.0 Å². The second-order valence-electron chi connectivity index (χ2n) is 4.10. The summed E-state index contributed by atoms with van der Waals surface area (Å²) < 4.78 is 13.1. The van der Waals surface area contributed by atoms with E-state index in [1.165, 1.54) is 0 Å². The van der Waals surface area contributed by atoms with Crippen LogP contribution in [0.2, 0.25) is 5.02 Å². The molecule has 6 heteroatoms. The minimum atomic E-state index is -0.793. The van der Waals surface area contributed by atoms with Gasteiger partial charge in [-0.2, -0.15) is 5.10 Å². The molecule has 0 radical (unpaired) electrons. The van der Waals surface area contributed by atoms with Crippen LogP contribution in [0.3, 0.4) is 0 Å². The van der Waals surface area contributed by atoms with Crippen LogP contribution in [0.25, 0.3) is 0 Å². The van der Waals surface area contributed by atoms with Gasteiger partial charge in [0, 0.05) is 41.9 Å². The average Bonchev–Trinajstić information content (AvgIpc) is 2.56. The Morgan fingerprint density at radius 3 is 2.76 bits per heavy atom. The molecule has 98 valence electrons. The highest BCUT2D eigenvalue weighted by atomic mass is 35.5. The molecule has 0 aromatic carbocycles. The van der Waals surface area contributed by atoms with E-state index in [-0.39, 0.29) is 5.25 Å². The van der Waals surface area contributed by atoms with Gasteiger partial charge in [0.2, 0.25) is 0 Å². The third-order valence-electron chi connectivity index (χ3n) is 2.74. The summed E-state index contributed by atoms with van der Waals surface area (Å²) in [5.41, 5.74) is 1.86. The lowest BCUT2D eigenvalue weighted by atomic mass is 10.3. The number of hydrogen-bond donors (Lipinski definition) is 1. The number of nitrogens with zero attached hydrogens (tertiary/aromatic N) is 2. The Bertz CT molecular complexity index is 406. The maximum absolute atomic E-state index is 11.2. The highest BCUT2D eigenvalue weighted by molar-refractivity contribution is 7.84. The maximum atomic E-state index is 11.2. The number of aryl methyl sites for hydroxylation is 2. The molecule has 1 aromatic rings. The van der Waals surface area contributed by atoms with Gasteiger partial charge in [0.1, 0.15) is 0 Å². The van der Waals surface area contributed by atoms with Gasteiger partial charge in [0.15, 0.2) is 0 Å². The van der Waals surface area contributed by atoms with Crippen LogP contribution in [-0.2, 0) is 23.9 Å². The van der Waals surface area contributed by atoms with Gasteiger partial charge in [-0.3, -0.25) is 8.89 Å². The third kappa shape index (κ3) is 3.79. The molecule has 1 heterocycles. The van der Waals surface area contributed by atoms with E-state index >= 15 is 0 Å². The van der Waals surface area contributed by atoms with Crippen LogP contribution in [0.4, 0.5) is 0 Å². The Morgan fingerprint density at radius 1 is 1.59 bits per heavy atom. The van der Waals surface area contributed by atoms with Crippen molar-refractivity contribution in [3.63, 3.8) is 0 Å². The van der Waals surface area contributed by atoms with Crippen molar-refractivity contribution in [2.45, 2.75) is 39.1 Å². The standard InChI is InChI=1S/C11H20ClN3OS/c1-5-15-10(11(12)9(3)14-15)7-13-6-8(2)17(4)16/h8,13H,5-7H2,1-4H3. The van der Waals surface area contributed by atoms with E-state index < -0.39 is 10.8 Å². The highest BCUT2D eigenvalue weighted by Crippen LogP contribution is 2.19. The molecule has 2 unspecified atom stereocenters. The lowest BCUT2D eigenvalue weighted by Gasteiger charge is -2.11. The SMILES string of the molecule is CCn1nc(C)c(Cl)c1CNCC(C)S(C)=O. The van der Waals surface area contributed by atoms with E-state index in [4.69, 9.17) is 11.6 Å². The van der Waals surface area contributed by atoms with Crippen molar-refractivity contribution in [2.75, 3.05) is 12.8 Å². The van der Waals surface area contributed by atoms with Crippen molar-refractivity contribution in [3.05, 3.63) is 16.4 Å². The quantitative estimate of drug-likeness (QED) is 0.861. The Balaban J connectivity index is 2.60. The van der Waals surface area contributed by atoms with Gasteiger partial charge < -0.3 is 5.32 Å². The number of rotatable bonds is 6.